The molecule has 0 unspecified atom stereocenters. The molecule has 0 aliphatic heterocycles. The van der Waals surface area contributed by atoms with E-state index in [2.05, 4.69) is 12.2 Å². The maximum atomic E-state index is 13.4. The number of nitrogens with zero attached hydrogens (tertiary/aromatic N) is 2. The highest BCUT2D eigenvalue weighted by molar-refractivity contribution is 5.92. The first-order chi connectivity index (χ1) is 14.5. The van der Waals surface area contributed by atoms with Crippen LogP contribution in [0.4, 0.5) is 11.4 Å². The van der Waals surface area contributed by atoms with Crippen molar-refractivity contribution in [3.05, 3.63) is 59.7 Å². The highest BCUT2D eigenvalue weighted by atomic mass is 16.5. The van der Waals surface area contributed by atoms with Crippen molar-refractivity contribution in [3.8, 4) is 0 Å². The molecule has 0 radical (unpaired) electrons. The van der Waals surface area contributed by atoms with Gasteiger partial charge >= 0.3 is 0 Å². The van der Waals surface area contributed by atoms with E-state index in [4.69, 9.17) is 4.74 Å². The number of rotatable bonds is 8. The third kappa shape index (κ3) is 6.56. The van der Waals surface area contributed by atoms with Gasteiger partial charge < -0.3 is 19.9 Å². The van der Waals surface area contributed by atoms with Crippen LogP contribution in [0.5, 0.6) is 0 Å². The monoisotopic (exact) mass is 425 g/mol. The summed E-state index contributed by atoms with van der Waals surface area (Å²) in [6.07, 6.45) is 0. The van der Waals surface area contributed by atoms with Gasteiger partial charge in [-0.25, -0.2) is 0 Å². The van der Waals surface area contributed by atoms with Crippen molar-refractivity contribution in [2.75, 3.05) is 38.0 Å². The molecule has 168 valence electrons. The smallest absolute Gasteiger partial charge is 0.250 e. The first-order valence-corrected chi connectivity index (χ1v) is 10.5. The third-order valence-corrected chi connectivity index (χ3v) is 5.11. The number of nitrogens with one attached hydrogen (secondary N) is 1. The Bertz CT molecular complexity index is 889. The van der Waals surface area contributed by atoms with Crippen LogP contribution in [0.2, 0.25) is 0 Å². The summed E-state index contributed by atoms with van der Waals surface area (Å²) in [6, 6.07) is 15.7. The molecular formula is C25H35N3O3. The summed E-state index contributed by atoms with van der Waals surface area (Å²) < 4.78 is 4.91. The normalized spacial score (nSPS) is 12.2. The van der Waals surface area contributed by atoms with Crippen molar-refractivity contribution in [2.45, 2.75) is 40.3 Å². The molecule has 0 aromatic heterocycles. The van der Waals surface area contributed by atoms with E-state index < -0.39 is 5.41 Å². The molecule has 0 bridgehead atoms. The van der Waals surface area contributed by atoms with Crippen molar-refractivity contribution in [1.29, 1.82) is 0 Å². The molecule has 2 aromatic rings. The molecule has 2 rings (SSSR count). The molecule has 0 fully saturated rings. The van der Waals surface area contributed by atoms with Gasteiger partial charge in [0.2, 0.25) is 11.8 Å². The number of hydrogen-bond donors (Lipinski definition) is 1. The van der Waals surface area contributed by atoms with E-state index >= 15 is 0 Å². The van der Waals surface area contributed by atoms with Gasteiger partial charge in [-0.2, -0.15) is 0 Å². The molecule has 6 nitrogen and oxygen atoms in total. The Morgan fingerprint density at radius 3 is 2.26 bits per heavy atom. The fourth-order valence-corrected chi connectivity index (χ4v) is 3.46. The van der Waals surface area contributed by atoms with Gasteiger partial charge in [-0.05, 0) is 36.2 Å². The minimum absolute atomic E-state index is 0.00948. The number of benzene rings is 2. The van der Waals surface area contributed by atoms with Gasteiger partial charge in [-0.3, -0.25) is 9.59 Å². The second-order valence-electron chi connectivity index (χ2n) is 8.99. The van der Waals surface area contributed by atoms with Crippen molar-refractivity contribution >= 4 is 23.2 Å². The average molecular weight is 426 g/mol. The van der Waals surface area contributed by atoms with Crippen molar-refractivity contribution in [2.24, 2.45) is 5.41 Å². The highest BCUT2D eigenvalue weighted by Gasteiger charge is 2.31. The first-order valence-electron chi connectivity index (χ1n) is 10.5. The zero-order valence-corrected chi connectivity index (χ0v) is 19.7. The molecule has 0 spiro atoms. The van der Waals surface area contributed by atoms with Crippen LogP contribution < -0.4 is 10.2 Å². The zero-order valence-electron chi connectivity index (χ0n) is 19.7. The maximum absolute atomic E-state index is 13.4. The summed E-state index contributed by atoms with van der Waals surface area (Å²) in [4.78, 5) is 29.4. The standard InChI is InChI=1S/C25H35N3O3/c1-18(19-11-9-8-10-12-19)28(24(30)25(2,3)4)16-20-15-21(26-23(29)17-31-7)13-14-22(20)27(5)6/h8-15,18H,16-17H2,1-7H3,(H,26,29)/t18-/m0/s1. The lowest BCUT2D eigenvalue weighted by Crippen LogP contribution is -2.40. The molecule has 1 atom stereocenters. The van der Waals surface area contributed by atoms with Crippen LogP contribution in [0, 0.1) is 5.41 Å². The minimum Gasteiger partial charge on any atom is -0.377 e. The quantitative estimate of drug-likeness (QED) is 0.678. The molecule has 31 heavy (non-hydrogen) atoms. The highest BCUT2D eigenvalue weighted by Crippen LogP contribution is 2.32. The number of methoxy groups -OCH3 is 1. The second-order valence-corrected chi connectivity index (χ2v) is 8.99. The third-order valence-electron chi connectivity index (χ3n) is 5.11. The Kier molecular flexibility index (Phi) is 8.22. The fraction of sp³-hybridized carbons (Fsp3) is 0.440. The topological polar surface area (TPSA) is 61.9 Å². The van der Waals surface area contributed by atoms with Crippen LogP contribution in [-0.2, 0) is 20.9 Å². The average Bonchev–Trinajstić information content (AvgIpc) is 2.71. The molecule has 1 N–H and O–H groups in total. The van der Waals surface area contributed by atoms with Gasteiger partial charge in [-0.1, -0.05) is 51.1 Å². The summed E-state index contributed by atoms with van der Waals surface area (Å²) >= 11 is 0. The van der Waals surface area contributed by atoms with E-state index in [0.717, 1.165) is 16.8 Å². The Labute approximate surface area is 186 Å². The van der Waals surface area contributed by atoms with Crippen LogP contribution in [0.15, 0.2) is 48.5 Å². The van der Waals surface area contributed by atoms with Crippen molar-refractivity contribution in [1.82, 2.24) is 4.90 Å². The van der Waals surface area contributed by atoms with Crippen LogP contribution in [-0.4, -0.2) is 44.5 Å². The van der Waals surface area contributed by atoms with Crippen LogP contribution in [0.25, 0.3) is 0 Å². The number of carbonyl (C=O) groups excluding carboxylic acids is 2. The molecule has 6 heteroatoms. The van der Waals surface area contributed by atoms with Gasteiger partial charge in [-0.15, -0.1) is 0 Å². The van der Waals surface area contributed by atoms with E-state index in [0.29, 0.717) is 12.2 Å². The molecule has 2 aromatic carbocycles. The van der Waals surface area contributed by atoms with Gasteiger partial charge in [0.15, 0.2) is 0 Å². The van der Waals surface area contributed by atoms with E-state index in [1.807, 2.05) is 93.2 Å². The van der Waals surface area contributed by atoms with Gasteiger partial charge in [0, 0.05) is 44.5 Å². The predicted octanol–water partition coefficient (Wildman–Crippen LogP) is 4.47. The lowest BCUT2D eigenvalue weighted by molar-refractivity contribution is -0.142. The van der Waals surface area contributed by atoms with Crippen LogP contribution in [0.3, 0.4) is 0 Å². The fourth-order valence-electron chi connectivity index (χ4n) is 3.46. The van der Waals surface area contributed by atoms with Gasteiger partial charge in [0.05, 0.1) is 6.04 Å². The molecule has 0 aliphatic rings. The van der Waals surface area contributed by atoms with E-state index in [1.165, 1.54) is 7.11 Å². The summed E-state index contributed by atoms with van der Waals surface area (Å²) in [5.41, 5.74) is 3.19. The Balaban J connectivity index is 2.46. The number of hydrogen-bond acceptors (Lipinski definition) is 4. The van der Waals surface area contributed by atoms with E-state index in [-0.39, 0.29) is 24.5 Å². The summed E-state index contributed by atoms with van der Waals surface area (Å²) in [5, 5.41) is 2.86. The van der Waals surface area contributed by atoms with Crippen molar-refractivity contribution < 1.29 is 14.3 Å². The molecule has 2 amide bonds. The lowest BCUT2D eigenvalue weighted by Gasteiger charge is -2.35. The SMILES string of the molecule is COCC(=O)Nc1ccc(N(C)C)c(CN(C(=O)C(C)(C)C)[C@@H](C)c2ccccc2)c1. The Morgan fingerprint density at radius 1 is 1.06 bits per heavy atom. The zero-order chi connectivity index (χ0) is 23.2. The Hall–Kier alpha value is -2.86. The summed E-state index contributed by atoms with van der Waals surface area (Å²) in [6.45, 7) is 8.29. The predicted molar refractivity (Wildman–Crippen MR) is 126 cm³/mol. The van der Waals surface area contributed by atoms with Crippen LogP contribution >= 0.6 is 0 Å². The second kappa shape index (κ2) is 10.4. The first kappa shape index (κ1) is 24.4. The van der Waals surface area contributed by atoms with E-state index in [9.17, 15) is 9.59 Å². The lowest BCUT2D eigenvalue weighted by atomic mass is 9.92. The maximum Gasteiger partial charge on any atom is 0.250 e. The molecule has 0 saturated carbocycles. The van der Waals surface area contributed by atoms with Gasteiger partial charge in [0.1, 0.15) is 6.61 Å². The molecular weight excluding hydrogens is 390 g/mol. The number of ether oxygens (including phenoxy) is 1. The number of carbonyl (C=O) groups is 2. The number of anilines is 2. The van der Waals surface area contributed by atoms with E-state index in [1.54, 1.807) is 0 Å². The summed E-state index contributed by atoms with van der Waals surface area (Å²) in [7, 11) is 5.43. The minimum atomic E-state index is -0.522. The van der Waals surface area contributed by atoms with Crippen LogP contribution in [0.1, 0.15) is 44.9 Å². The van der Waals surface area contributed by atoms with Gasteiger partial charge in [0.25, 0.3) is 0 Å². The molecule has 0 heterocycles. The molecule has 0 aliphatic carbocycles. The number of amides is 2. The van der Waals surface area contributed by atoms with Crippen molar-refractivity contribution in [3.63, 3.8) is 0 Å². The summed E-state index contributed by atoms with van der Waals surface area (Å²) in [5.74, 6) is -0.145. The molecule has 0 saturated heterocycles. The Morgan fingerprint density at radius 2 is 1.71 bits per heavy atom. The largest absolute Gasteiger partial charge is 0.377 e.